The van der Waals surface area contributed by atoms with Gasteiger partial charge in [0.1, 0.15) is 0 Å². The smallest absolute Gasteiger partial charge is 0.0494 e. The summed E-state index contributed by atoms with van der Waals surface area (Å²) in [5.41, 5.74) is 0.338. The van der Waals surface area contributed by atoms with Crippen molar-refractivity contribution in [3.63, 3.8) is 0 Å². The van der Waals surface area contributed by atoms with Crippen LogP contribution in [0.4, 0.5) is 0 Å². The fraction of sp³-hybridized carbons (Fsp3) is 1.00. The zero-order valence-electron chi connectivity index (χ0n) is 9.90. The Labute approximate surface area is 88.1 Å². The average Bonchev–Trinajstić information content (AvgIpc) is 2.17. The second-order valence-corrected chi connectivity index (χ2v) is 5.80. The molecule has 0 heterocycles. The van der Waals surface area contributed by atoms with Crippen LogP contribution in [0.25, 0.3) is 0 Å². The lowest BCUT2D eigenvalue weighted by Gasteiger charge is -2.37. The van der Waals surface area contributed by atoms with Crippen LogP contribution in [0, 0.1) is 5.41 Å². The molecule has 84 valence electrons. The van der Waals surface area contributed by atoms with Gasteiger partial charge in [0.15, 0.2) is 0 Å². The molecule has 0 atom stereocenters. The van der Waals surface area contributed by atoms with Crippen molar-refractivity contribution < 1.29 is 5.11 Å². The Morgan fingerprint density at radius 1 is 1.21 bits per heavy atom. The molecule has 1 rings (SSSR count). The van der Waals surface area contributed by atoms with Gasteiger partial charge in [-0.15, -0.1) is 0 Å². The van der Waals surface area contributed by atoms with Crippen LogP contribution < -0.4 is 5.32 Å². The highest BCUT2D eigenvalue weighted by molar-refractivity contribution is 4.88. The molecule has 0 aliphatic heterocycles. The van der Waals surface area contributed by atoms with Gasteiger partial charge in [-0.3, -0.25) is 0 Å². The maximum absolute atomic E-state index is 9.17. The zero-order valence-corrected chi connectivity index (χ0v) is 9.90. The van der Waals surface area contributed by atoms with Crippen LogP contribution in [0.3, 0.4) is 0 Å². The second kappa shape index (κ2) is 4.63. The Morgan fingerprint density at radius 2 is 1.79 bits per heavy atom. The molecule has 0 aromatic rings. The molecule has 0 aromatic carbocycles. The van der Waals surface area contributed by atoms with Gasteiger partial charge in [-0.05, 0) is 19.8 Å². The molecule has 14 heavy (non-hydrogen) atoms. The Balaban J connectivity index is 2.35. The van der Waals surface area contributed by atoms with Gasteiger partial charge in [0.2, 0.25) is 0 Å². The van der Waals surface area contributed by atoms with E-state index in [0.717, 1.165) is 6.54 Å². The number of aliphatic hydroxyl groups is 1. The third kappa shape index (κ3) is 3.58. The van der Waals surface area contributed by atoms with Gasteiger partial charge in [0, 0.05) is 24.1 Å². The Bertz CT molecular complexity index is 171. The first-order valence-electron chi connectivity index (χ1n) is 5.83. The minimum Gasteiger partial charge on any atom is -0.396 e. The van der Waals surface area contributed by atoms with E-state index in [2.05, 4.69) is 26.1 Å². The van der Waals surface area contributed by atoms with E-state index in [9.17, 15) is 0 Å². The van der Waals surface area contributed by atoms with E-state index in [0.29, 0.717) is 5.54 Å². The fourth-order valence-corrected chi connectivity index (χ4v) is 2.02. The van der Waals surface area contributed by atoms with Gasteiger partial charge in [-0.25, -0.2) is 0 Å². The highest BCUT2D eigenvalue weighted by atomic mass is 16.3. The highest BCUT2D eigenvalue weighted by Crippen LogP contribution is 2.28. The molecule has 0 amide bonds. The number of hydrogen-bond donors (Lipinski definition) is 2. The molecule has 1 saturated carbocycles. The van der Waals surface area contributed by atoms with Crippen LogP contribution in [-0.2, 0) is 0 Å². The van der Waals surface area contributed by atoms with Crippen LogP contribution in [-0.4, -0.2) is 23.8 Å². The molecule has 0 radical (unpaired) electrons. The summed E-state index contributed by atoms with van der Waals surface area (Å²) in [6.07, 6.45) is 6.66. The van der Waals surface area contributed by atoms with Crippen LogP contribution >= 0.6 is 0 Å². The highest BCUT2D eigenvalue weighted by Gasteiger charge is 2.28. The van der Waals surface area contributed by atoms with Gasteiger partial charge >= 0.3 is 0 Å². The number of aliphatic hydroxyl groups excluding tert-OH is 1. The summed E-state index contributed by atoms with van der Waals surface area (Å²) in [7, 11) is 0. The van der Waals surface area contributed by atoms with E-state index in [1.807, 2.05) is 0 Å². The summed E-state index contributed by atoms with van der Waals surface area (Å²) in [5.74, 6) is 0. The van der Waals surface area contributed by atoms with E-state index < -0.39 is 0 Å². The van der Waals surface area contributed by atoms with Gasteiger partial charge in [0.25, 0.3) is 0 Å². The van der Waals surface area contributed by atoms with E-state index >= 15 is 0 Å². The second-order valence-electron chi connectivity index (χ2n) is 5.80. The molecule has 2 heteroatoms. The van der Waals surface area contributed by atoms with Gasteiger partial charge in [0.05, 0.1) is 0 Å². The van der Waals surface area contributed by atoms with Gasteiger partial charge in [-0.2, -0.15) is 0 Å². The molecule has 2 N–H and O–H groups in total. The first-order chi connectivity index (χ1) is 6.47. The largest absolute Gasteiger partial charge is 0.396 e. The topological polar surface area (TPSA) is 32.3 Å². The molecule has 1 fully saturated rings. The number of hydrogen-bond acceptors (Lipinski definition) is 2. The number of nitrogens with one attached hydrogen (secondary N) is 1. The van der Waals surface area contributed by atoms with Crippen molar-refractivity contribution in [3.05, 3.63) is 0 Å². The lowest BCUT2D eigenvalue weighted by molar-refractivity contribution is 0.135. The standard InChI is InChI=1S/C12H25NO/c1-11(2,10-14)9-13-12(3)7-5-4-6-8-12/h13-14H,4-10H2,1-3H3. The predicted molar refractivity (Wildman–Crippen MR) is 60.4 cm³/mol. The van der Waals surface area contributed by atoms with E-state index in [4.69, 9.17) is 5.11 Å². The Morgan fingerprint density at radius 3 is 2.29 bits per heavy atom. The summed E-state index contributed by atoms with van der Waals surface area (Å²) in [6, 6.07) is 0. The van der Waals surface area contributed by atoms with Crippen LogP contribution in [0.5, 0.6) is 0 Å². The van der Waals surface area contributed by atoms with Crippen molar-refractivity contribution in [2.45, 2.75) is 58.4 Å². The fourth-order valence-electron chi connectivity index (χ4n) is 2.02. The summed E-state index contributed by atoms with van der Waals surface area (Å²) in [5, 5.41) is 12.8. The lowest BCUT2D eigenvalue weighted by Crippen LogP contribution is -2.48. The molecular formula is C12H25NO. The van der Waals surface area contributed by atoms with E-state index in [1.54, 1.807) is 0 Å². The summed E-state index contributed by atoms with van der Waals surface area (Å²) in [6.45, 7) is 7.70. The normalized spacial score (nSPS) is 22.3. The van der Waals surface area contributed by atoms with E-state index in [-0.39, 0.29) is 12.0 Å². The van der Waals surface area contributed by atoms with Gasteiger partial charge < -0.3 is 10.4 Å². The summed E-state index contributed by atoms with van der Waals surface area (Å²) in [4.78, 5) is 0. The average molecular weight is 199 g/mol. The van der Waals surface area contributed by atoms with Crippen molar-refractivity contribution >= 4 is 0 Å². The first kappa shape index (κ1) is 12.0. The first-order valence-corrected chi connectivity index (χ1v) is 5.83. The SMILES string of the molecule is CC(C)(CO)CNC1(C)CCCCC1. The zero-order chi connectivity index (χ0) is 10.7. The summed E-state index contributed by atoms with van der Waals surface area (Å²) < 4.78 is 0. The van der Waals surface area contributed by atoms with Crippen molar-refractivity contribution in [2.75, 3.05) is 13.2 Å². The molecular weight excluding hydrogens is 174 g/mol. The molecule has 2 nitrogen and oxygen atoms in total. The number of rotatable bonds is 4. The van der Waals surface area contributed by atoms with Crippen LogP contribution in [0.15, 0.2) is 0 Å². The third-order valence-electron chi connectivity index (χ3n) is 3.38. The minimum atomic E-state index is 0.0143. The van der Waals surface area contributed by atoms with Crippen molar-refractivity contribution in [1.29, 1.82) is 0 Å². The Hall–Kier alpha value is -0.0800. The van der Waals surface area contributed by atoms with Crippen LogP contribution in [0.2, 0.25) is 0 Å². The van der Waals surface area contributed by atoms with E-state index in [1.165, 1.54) is 32.1 Å². The predicted octanol–water partition coefficient (Wildman–Crippen LogP) is 2.32. The van der Waals surface area contributed by atoms with Crippen molar-refractivity contribution in [3.8, 4) is 0 Å². The lowest BCUT2D eigenvalue weighted by atomic mass is 9.82. The van der Waals surface area contributed by atoms with Crippen molar-refractivity contribution in [2.24, 2.45) is 5.41 Å². The van der Waals surface area contributed by atoms with Gasteiger partial charge in [-0.1, -0.05) is 33.1 Å². The maximum Gasteiger partial charge on any atom is 0.0494 e. The van der Waals surface area contributed by atoms with Crippen LogP contribution in [0.1, 0.15) is 52.9 Å². The molecule has 0 spiro atoms. The summed E-state index contributed by atoms with van der Waals surface area (Å²) >= 11 is 0. The molecule has 0 bridgehead atoms. The quantitative estimate of drug-likeness (QED) is 0.728. The van der Waals surface area contributed by atoms with Crippen molar-refractivity contribution in [1.82, 2.24) is 5.32 Å². The minimum absolute atomic E-state index is 0.0143. The molecule has 1 aliphatic rings. The molecule has 0 unspecified atom stereocenters. The maximum atomic E-state index is 9.17. The molecule has 0 saturated heterocycles. The monoisotopic (exact) mass is 199 g/mol. The molecule has 0 aromatic heterocycles. The Kier molecular flexibility index (Phi) is 3.96. The molecule has 1 aliphatic carbocycles. The third-order valence-corrected chi connectivity index (χ3v) is 3.38.